The molecule has 2 atom stereocenters. The van der Waals surface area contributed by atoms with Gasteiger partial charge in [0.1, 0.15) is 5.75 Å². The van der Waals surface area contributed by atoms with Crippen molar-refractivity contribution in [2.24, 2.45) is 5.73 Å². The smallest absolute Gasteiger partial charge is 0.143 e. The number of nitrogens with two attached hydrogens (primary N) is 1. The maximum atomic E-state index is 9.94. The molecule has 0 spiro atoms. The summed E-state index contributed by atoms with van der Waals surface area (Å²) in [6.45, 7) is 0.451. The standard InChI is InChI=1S/C10H11Cl2NO2/c11-5-3-6-9(14)8(13)1-2-15-10(6)7(12)4-5/h3-4,8-9,14H,1-2,13H2. The van der Waals surface area contributed by atoms with Gasteiger partial charge in [-0.1, -0.05) is 23.2 Å². The third kappa shape index (κ3) is 2.06. The molecule has 2 rings (SSSR count). The largest absolute Gasteiger partial charge is 0.492 e. The number of hydrogen-bond donors (Lipinski definition) is 2. The molecule has 82 valence electrons. The van der Waals surface area contributed by atoms with Gasteiger partial charge in [-0.25, -0.2) is 0 Å². The molecule has 0 radical (unpaired) electrons. The minimum atomic E-state index is -0.779. The fourth-order valence-electron chi connectivity index (χ4n) is 1.64. The van der Waals surface area contributed by atoms with Crippen LogP contribution in [0.1, 0.15) is 18.1 Å². The third-order valence-electron chi connectivity index (χ3n) is 2.46. The van der Waals surface area contributed by atoms with Gasteiger partial charge < -0.3 is 15.6 Å². The Morgan fingerprint density at radius 2 is 2.13 bits per heavy atom. The van der Waals surface area contributed by atoms with E-state index in [-0.39, 0.29) is 6.04 Å². The predicted molar refractivity (Wildman–Crippen MR) is 59.5 cm³/mol. The summed E-state index contributed by atoms with van der Waals surface area (Å²) in [7, 11) is 0. The number of rotatable bonds is 0. The highest BCUT2D eigenvalue weighted by atomic mass is 35.5. The van der Waals surface area contributed by atoms with Crippen LogP contribution in [0.4, 0.5) is 0 Å². The molecule has 0 saturated heterocycles. The Balaban J connectivity index is 2.53. The first-order valence-electron chi connectivity index (χ1n) is 4.65. The topological polar surface area (TPSA) is 55.5 Å². The lowest BCUT2D eigenvalue weighted by atomic mass is 10.0. The van der Waals surface area contributed by atoms with Crippen LogP contribution in [0.15, 0.2) is 12.1 Å². The minimum Gasteiger partial charge on any atom is -0.492 e. The number of benzene rings is 1. The molecule has 3 nitrogen and oxygen atoms in total. The summed E-state index contributed by atoms with van der Waals surface area (Å²) in [6.07, 6.45) is -0.192. The highest BCUT2D eigenvalue weighted by molar-refractivity contribution is 6.35. The fourth-order valence-corrected chi connectivity index (χ4v) is 2.20. The SMILES string of the molecule is NC1CCOc2c(Cl)cc(Cl)cc2C1O. The van der Waals surface area contributed by atoms with Crippen molar-refractivity contribution < 1.29 is 9.84 Å². The molecule has 1 aliphatic rings. The van der Waals surface area contributed by atoms with Gasteiger partial charge in [-0.05, 0) is 18.6 Å². The molecule has 0 saturated carbocycles. The zero-order chi connectivity index (χ0) is 11.0. The van der Waals surface area contributed by atoms with E-state index in [2.05, 4.69) is 0 Å². The molecule has 3 N–H and O–H groups in total. The Morgan fingerprint density at radius 3 is 2.87 bits per heavy atom. The normalized spacial score (nSPS) is 25.3. The average molecular weight is 248 g/mol. The fraction of sp³-hybridized carbons (Fsp3) is 0.400. The Bertz CT molecular complexity index is 384. The first kappa shape index (κ1) is 11.0. The maximum absolute atomic E-state index is 9.94. The Kier molecular flexibility index (Phi) is 3.07. The third-order valence-corrected chi connectivity index (χ3v) is 2.96. The summed E-state index contributed by atoms with van der Waals surface area (Å²) in [5.41, 5.74) is 6.34. The molecule has 1 aliphatic heterocycles. The summed E-state index contributed by atoms with van der Waals surface area (Å²) in [4.78, 5) is 0. The predicted octanol–water partition coefficient (Wildman–Crippen LogP) is 2.14. The highest BCUT2D eigenvalue weighted by Gasteiger charge is 2.26. The first-order chi connectivity index (χ1) is 7.09. The number of halogens is 2. The van der Waals surface area contributed by atoms with Gasteiger partial charge in [-0.2, -0.15) is 0 Å². The van der Waals surface area contributed by atoms with Crippen LogP contribution in [0.5, 0.6) is 5.75 Å². The van der Waals surface area contributed by atoms with Crippen LogP contribution in [0.2, 0.25) is 10.0 Å². The quantitative estimate of drug-likeness (QED) is 0.739. The maximum Gasteiger partial charge on any atom is 0.143 e. The molecule has 15 heavy (non-hydrogen) atoms. The van der Waals surface area contributed by atoms with Gasteiger partial charge in [0.2, 0.25) is 0 Å². The van der Waals surface area contributed by atoms with Gasteiger partial charge in [-0.3, -0.25) is 0 Å². The number of ether oxygens (including phenoxy) is 1. The Hall–Kier alpha value is -0.480. The van der Waals surface area contributed by atoms with Crippen molar-refractivity contribution in [1.82, 2.24) is 0 Å². The molecule has 1 aromatic carbocycles. The van der Waals surface area contributed by atoms with Crippen LogP contribution >= 0.6 is 23.2 Å². The number of fused-ring (bicyclic) bond motifs is 1. The second kappa shape index (κ2) is 4.18. The molecule has 0 aliphatic carbocycles. The molecular weight excluding hydrogens is 237 g/mol. The minimum absolute atomic E-state index is 0.346. The van der Waals surface area contributed by atoms with Crippen LogP contribution in [0, 0.1) is 0 Å². The summed E-state index contributed by atoms with van der Waals surface area (Å²) >= 11 is 11.8. The highest BCUT2D eigenvalue weighted by Crippen LogP contribution is 2.38. The monoisotopic (exact) mass is 247 g/mol. The van der Waals surface area contributed by atoms with E-state index in [0.717, 1.165) is 0 Å². The first-order valence-corrected chi connectivity index (χ1v) is 5.40. The van der Waals surface area contributed by atoms with Crippen LogP contribution in [-0.4, -0.2) is 17.8 Å². The lowest BCUT2D eigenvalue weighted by Gasteiger charge is -2.16. The van der Waals surface area contributed by atoms with Gasteiger partial charge in [0.15, 0.2) is 0 Å². The van der Waals surface area contributed by atoms with E-state index >= 15 is 0 Å². The van der Waals surface area contributed by atoms with Gasteiger partial charge >= 0.3 is 0 Å². The number of hydrogen-bond acceptors (Lipinski definition) is 3. The van der Waals surface area contributed by atoms with Crippen molar-refractivity contribution in [3.8, 4) is 5.75 Å². The molecule has 0 amide bonds. The van der Waals surface area contributed by atoms with Crippen LogP contribution in [0.25, 0.3) is 0 Å². The molecule has 2 unspecified atom stereocenters. The Labute approximate surface area is 97.7 Å². The lowest BCUT2D eigenvalue weighted by Crippen LogP contribution is -2.28. The Morgan fingerprint density at radius 1 is 1.40 bits per heavy atom. The second-order valence-corrected chi connectivity index (χ2v) is 4.40. The molecule has 0 bridgehead atoms. The van der Waals surface area contributed by atoms with Gasteiger partial charge in [0, 0.05) is 16.6 Å². The van der Waals surface area contributed by atoms with E-state index in [1.165, 1.54) is 0 Å². The zero-order valence-electron chi connectivity index (χ0n) is 7.91. The summed E-state index contributed by atoms with van der Waals surface area (Å²) in [6, 6.07) is 2.88. The molecule has 0 fully saturated rings. The number of aliphatic hydroxyl groups is 1. The van der Waals surface area contributed by atoms with E-state index in [9.17, 15) is 5.11 Å². The molecule has 5 heteroatoms. The number of aliphatic hydroxyl groups excluding tert-OH is 1. The van der Waals surface area contributed by atoms with E-state index in [0.29, 0.717) is 34.4 Å². The molecule has 0 aromatic heterocycles. The summed E-state index contributed by atoms with van der Waals surface area (Å²) in [5, 5.41) is 10.8. The van der Waals surface area contributed by atoms with Crippen molar-refractivity contribution >= 4 is 23.2 Å². The van der Waals surface area contributed by atoms with Crippen LogP contribution < -0.4 is 10.5 Å². The molecular formula is C10H11Cl2NO2. The van der Waals surface area contributed by atoms with Crippen molar-refractivity contribution in [3.63, 3.8) is 0 Å². The van der Waals surface area contributed by atoms with Crippen molar-refractivity contribution in [2.75, 3.05) is 6.61 Å². The van der Waals surface area contributed by atoms with Crippen molar-refractivity contribution in [2.45, 2.75) is 18.6 Å². The molecule has 1 heterocycles. The zero-order valence-corrected chi connectivity index (χ0v) is 9.42. The van der Waals surface area contributed by atoms with E-state index in [1.54, 1.807) is 12.1 Å². The summed E-state index contributed by atoms with van der Waals surface area (Å²) in [5.74, 6) is 0.488. The lowest BCUT2D eigenvalue weighted by molar-refractivity contribution is 0.145. The van der Waals surface area contributed by atoms with Crippen molar-refractivity contribution in [3.05, 3.63) is 27.7 Å². The van der Waals surface area contributed by atoms with Gasteiger partial charge in [0.05, 0.1) is 17.7 Å². The van der Waals surface area contributed by atoms with Gasteiger partial charge in [0.25, 0.3) is 0 Å². The van der Waals surface area contributed by atoms with E-state index in [1.807, 2.05) is 0 Å². The van der Waals surface area contributed by atoms with E-state index in [4.69, 9.17) is 33.7 Å². The van der Waals surface area contributed by atoms with Gasteiger partial charge in [-0.15, -0.1) is 0 Å². The van der Waals surface area contributed by atoms with Crippen LogP contribution in [-0.2, 0) is 0 Å². The summed E-state index contributed by atoms with van der Waals surface area (Å²) < 4.78 is 5.44. The van der Waals surface area contributed by atoms with Crippen molar-refractivity contribution in [1.29, 1.82) is 0 Å². The average Bonchev–Trinajstić information content (AvgIpc) is 2.30. The van der Waals surface area contributed by atoms with E-state index < -0.39 is 6.10 Å². The van der Waals surface area contributed by atoms with Crippen LogP contribution in [0.3, 0.4) is 0 Å². The second-order valence-electron chi connectivity index (χ2n) is 3.55. The molecule has 1 aromatic rings.